The fourth-order valence-electron chi connectivity index (χ4n) is 10.2. The van der Waals surface area contributed by atoms with Crippen molar-refractivity contribution in [3.05, 3.63) is 0 Å². The summed E-state index contributed by atoms with van der Waals surface area (Å²) in [6.07, 6.45) is 9.80. The molecule has 13 atom stereocenters. The molecule has 2 heterocycles. The molecule has 1 spiro atoms. The van der Waals surface area contributed by atoms with Gasteiger partial charge in [0.15, 0.2) is 12.1 Å². The van der Waals surface area contributed by atoms with Gasteiger partial charge in [0.1, 0.15) is 0 Å². The molecule has 2 saturated heterocycles. The molecule has 0 unspecified atom stereocenters. The largest absolute Gasteiger partial charge is 0.389 e. The molecular weight excluding hydrogens is 446 g/mol. The number of hydrogen-bond acceptors (Lipinski definition) is 7. The topological polar surface area (TPSA) is 103 Å². The third-order valence-corrected chi connectivity index (χ3v) is 12.2. The van der Waals surface area contributed by atoms with Gasteiger partial charge in [-0.2, -0.15) is 0 Å². The fraction of sp³-hybridized carbons (Fsp3) is 1.00. The summed E-state index contributed by atoms with van der Waals surface area (Å²) in [5.74, 6) is 0.408. The Bertz CT molecular complexity index is 823. The van der Waals surface area contributed by atoms with Gasteiger partial charge < -0.3 is 34.9 Å². The van der Waals surface area contributed by atoms with Crippen molar-refractivity contribution in [3.8, 4) is 0 Å². The molecule has 6 aliphatic rings. The predicted molar refractivity (Wildman–Crippen MR) is 130 cm³/mol. The van der Waals surface area contributed by atoms with E-state index in [0.717, 1.165) is 57.8 Å². The van der Waals surface area contributed by atoms with Crippen LogP contribution in [0.3, 0.4) is 0 Å². The second kappa shape index (κ2) is 8.36. The van der Waals surface area contributed by atoms with Crippen LogP contribution in [0.1, 0.15) is 85.0 Å². The van der Waals surface area contributed by atoms with Gasteiger partial charge in [-0.3, -0.25) is 0 Å². The number of rotatable bonds is 3. The van der Waals surface area contributed by atoms with E-state index in [4.69, 9.17) is 24.7 Å². The van der Waals surface area contributed by atoms with Crippen LogP contribution >= 0.6 is 0 Å². The van der Waals surface area contributed by atoms with Gasteiger partial charge in [-0.15, -0.1) is 0 Å². The van der Waals surface area contributed by atoms with Crippen LogP contribution in [0.5, 0.6) is 0 Å². The molecule has 0 amide bonds. The molecular formula is C28H47NO6. The summed E-state index contributed by atoms with van der Waals surface area (Å²) in [7, 11) is 1.72. The van der Waals surface area contributed by atoms with Crippen LogP contribution in [0.15, 0.2) is 0 Å². The number of hydrogen-bond donors (Lipinski definition) is 3. The molecule has 4 aliphatic carbocycles. The SMILES string of the molecule is CO[C@H]1C[C@H](O[C@H]2CC[C@@]3(C)[C@@H](CC[C@@H]4[C@@H]3CC[C@]35CO[C@](C)(O)[C@H]3CC[C@]45O)C2)O[C@H](C)[C@H]1N. The summed E-state index contributed by atoms with van der Waals surface area (Å²) in [5.41, 5.74) is 5.50. The van der Waals surface area contributed by atoms with Gasteiger partial charge in [0.25, 0.3) is 0 Å². The normalized spacial score (nSPS) is 59.9. The van der Waals surface area contributed by atoms with Crippen LogP contribution in [-0.2, 0) is 18.9 Å². The summed E-state index contributed by atoms with van der Waals surface area (Å²) in [4.78, 5) is 0. The van der Waals surface area contributed by atoms with Crippen molar-refractivity contribution in [2.45, 2.75) is 127 Å². The quantitative estimate of drug-likeness (QED) is 0.518. The van der Waals surface area contributed by atoms with Crippen LogP contribution in [0.2, 0.25) is 0 Å². The zero-order valence-corrected chi connectivity index (χ0v) is 22.1. The molecule has 7 nitrogen and oxygen atoms in total. The minimum atomic E-state index is -1.10. The lowest BCUT2D eigenvalue weighted by atomic mass is 9.43. The average Bonchev–Trinajstić information content (AvgIpc) is 3.28. The number of ether oxygens (including phenoxy) is 4. The lowest BCUT2D eigenvalue weighted by Crippen LogP contribution is -2.63. The van der Waals surface area contributed by atoms with Crippen LogP contribution in [-0.4, -0.2) is 66.0 Å². The number of aliphatic hydroxyl groups is 2. The van der Waals surface area contributed by atoms with E-state index in [0.29, 0.717) is 30.8 Å². The maximum Gasteiger partial charge on any atom is 0.166 e. The number of methoxy groups -OCH3 is 1. The van der Waals surface area contributed by atoms with Crippen molar-refractivity contribution < 1.29 is 29.2 Å². The van der Waals surface area contributed by atoms with Gasteiger partial charge in [0.05, 0.1) is 36.6 Å². The molecule has 35 heavy (non-hydrogen) atoms. The third kappa shape index (κ3) is 3.48. The zero-order valence-electron chi connectivity index (χ0n) is 22.1. The number of nitrogens with two attached hydrogens (primary N) is 1. The highest BCUT2D eigenvalue weighted by molar-refractivity contribution is 5.21. The molecule has 6 rings (SSSR count). The van der Waals surface area contributed by atoms with Gasteiger partial charge in [-0.1, -0.05) is 6.92 Å². The lowest BCUT2D eigenvalue weighted by Gasteiger charge is -2.63. The standard InChI is InChI=1S/C28H47NO6/c1-16-24(29)21(32-4)14-23(34-16)35-18-7-10-25(2)17(13-18)5-6-20-19(25)8-11-27-15-33-26(3,30)22(27)9-12-28(20,27)31/h16-24,30-31H,5-15,29H2,1-4H3/t16-,17+,18+,19+,20-,21+,22-,23+,24-,25+,26+,27+,28+/m1/s1. The Morgan fingerprint density at radius 2 is 1.74 bits per heavy atom. The van der Waals surface area contributed by atoms with E-state index in [-0.39, 0.29) is 47.4 Å². The highest BCUT2D eigenvalue weighted by Crippen LogP contribution is 2.72. The average molecular weight is 494 g/mol. The zero-order chi connectivity index (χ0) is 24.8. The molecule has 4 N–H and O–H groups in total. The lowest BCUT2D eigenvalue weighted by molar-refractivity contribution is -0.255. The van der Waals surface area contributed by atoms with Crippen molar-refractivity contribution in [3.63, 3.8) is 0 Å². The van der Waals surface area contributed by atoms with E-state index >= 15 is 0 Å². The van der Waals surface area contributed by atoms with Gasteiger partial charge in [-0.25, -0.2) is 0 Å². The van der Waals surface area contributed by atoms with Crippen molar-refractivity contribution in [2.75, 3.05) is 13.7 Å². The molecule has 2 aliphatic heterocycles. The molecule has 0 bridgehead atoms. The Labute approximate surface area is 210 Å². The monoisotopic (exact) mass is 493 g/mol. The molecule has 0 radical (unpaired) electrons. The highest BCUT2D eigenvalue weighted by atomic mass is 16.7. The maximum absolute atomic E-state index is 12.3. The Hall–Kier alpha value is -0.280. The Morgan fingerprint density at radius 1 is 0.943 bits per heavy atom. The number of fused-ring (bicyclic) bond motifs is 4. The Kier molecular flexibility index (Phi) is 5.98. The first-order valence-corrected chi connectivity index (χ1v) is 14.2. The van der Waals surface area contributed by atoms with Crippen LogP contribution < -0.4 is 5.73 Å². The predicted octanol–water partition coefficient (Wildman–Crippen LogP) is 3.34. The fourth-order valence-corrected chi connectivity index (χ4v) is 10.2. The molecule has 0 aromatic rings. The van der Waals surface area contributed by atoms with Gasteiger partial charge >= 0.3 is 0 Å². The summed E-state index contributed by atoms with van der Waals surface area (Å²) in [6, 6.07) is -0.116. The van der Waals surface area contributed by atoms with E-state index in [1.54, 1.807) is 7.11 Å². The summed E-state index contributed by atoms with van der Waals surface area (Å²) in [6.45, 7) is 6.82. The molecule has 0 aromatic carbocycles. The minimum Gasteiger partial charge on any atom is -0.389 e. The van der Waals surface area contributed by atoms with Crippen molar-refractivity contribution in [1.29, 1.82) is 0 Å². The summed E-state index contributed by atoms with van der Waals surface area (Å²) < 4.78 is 24.2. The first kappa shape index (κ1) is 25.0. The van der Waals surface area contributed by atoms with Crippen LogP contribution in [0, 0.1) is 34.5 Å². The van der Waals surface area contributed by atoms with Crippen molar-refractivity contribution in [1.82, 2.24) is 0 Å². The Morgan fingerprint density at radius 3 is 2.51 bits per heavy atom. The first-order valence-electron chi connectivity index (χ1n) is 14.2. The van der Waals surface area contributed by atoms with E-state index in [1.807, 2.05) is 13.8 Å². The minimum absolute atomic E-state index is 0.0288. The van der Waals surface area contributed by atoms with E-state index in [9.17, 15) is 10.2 Å². The van der Waals surface area contributed by atoms with Crippen LogP contribution in [0.4, 0.5) is 0 Å². The van der Waals surface area contributed by atoms with Gasteiger partial charge in [-0.05, 0) is 94.8 Å². The van der Waals surface area contributed by atoms with Crippen LogP contribution in [0.25, 0.3) is 0 Å². The summed E-state index contributed by atoms with van der Waals surface area (Å²) in [5, 5.41) is 23.2. The van der Waals surface area contributed by atoms with Crippen molar-refractivity contribution >= 4 is 0 Å². The van der Waals surface area contributed by atoms with Gasteiger partial charge in [0.2, 0.25) is 0 Å². The second-order valence-corrected chi connectivity index (χ2v) is 13.4. The van der Waals surface area contributed by atoms with Gasteiger partial charge in [0, 0.05) is 24.9 Å². The molecule has 200 valence electrons. The second-order valence-electron chi connectivity index (χ2n) is 13.4. The smallest absolute Gasteiger partial charge is 0.166 e. The third-order valence-electron chi connectivity index (χ3n) is 12.2. The Balaban J connectivity index is 1.15. The first-order chi connectivity index (χ1) is 16.5. The molecule has 0 aromatic heterocycles. The molecule has 4 saturated carbocycles. The highest BCUT2D eigenvalue weighted by Gasteiger charge is 2.74. The van der Waals surface area contributed by atoms with E-state index in [1.165, 1.54) is 0 Å². The molecule has 6 fully saturated rings. The van der Waals surface area contributed by atoms with Crippen molar-refractivity contribution in [2.24, 2.45) is 40.2 Å². The van der Waals surface area contributed by atoms with E-state index < -0.39 is 11.4 Å². The summed E-state index contributed by atoms with van der Waals surface area (Å²) >= 11 is 0. The molecule has 7 heteroatoms. The maximum atomic E-state index is 12.3. The van der Waals surface area contributed by atoms with E-state index in [2.05, 4.69) is 6.92 Å².